The SMILES string of the molecule is COc1cc(CNC(=S)N2CCC(N3CC(c4ccccc4)OC3=O)CC2)cc(OC)c1OC. The first-order valence-corrected chi connectivity index (χ1v) is 11.8. The van der Waals surface area contributed by atoms with Gasteiger partial charge in [-0.3, -0.25) is 0 Å². The molecule has 1 N–H and O–H groups in total. The van der Waals surface area contributed by atoms with Crippen molar-refractivity contribution in [3.63, 3.8) is 0 Å². The van der Waals surface area contributed by atoms with Gasteiger partial charge in [0.1, 0.15) is 6.10 Å². The molecule has 2 saturated heterocycles. The van der Waals surface area contributed by atoms with Gasteiger partial charge in [0.25, 0.3) is 0 Å². The summed E-state index contributed by atoms with van der Waals surface area (Å²) in [4.78, 5) is 16.5. The molecular formula is C25H31N3O5S. The van der Waals surface area contributed by atoms with Gasteiger partial charge in [-0.15, -0.1) is 0 Å². The molecule has 0 bridgehead atoms. The third kappa shape index (κ3) is 5.14. The molecule has 0 aliphatic carbocycles. The zero-order valence-electron chi connectivity index (χ0n) is 19.8. The van der Waals surface area contributed by atoms with Crippen LogP contribution in [0, 0.1) is 0 Å². The van der Waals surface area contributed by atoms with E-state index in [1.165, 1.54) is 0 Å². The van der Waals surface area contributed by atoms with E-state index >= 15 is 0 Å². The number of amides is 1. The molecule has 1 unspecified atom stereocenters. The number of likely N-dealkylation sites (tertiary alicyclic amines) is 1. The van der Waals surface area contributed by atoms with Crippen LogP contribution in [0.3, 0.4) is 0 Å². The molecule has 2 aliphatic heterocycles. The van der Waals surface area contributed by atoms with E-state index < -0.39 is 0 Å². The van der Waals surface area contributed by atoms with Crippen molar-refractivity contribution in [2.45, 2.75) is 31.5 Å². The smallest absolute Gasteiger partial charge is 0.410 e. The maximum absolute atomic E-state index is 12.5. The van der Waals surface area contributed by atoms with Crippen LogP contribution < -0.4 is 19.5 Å². The monoisotopic (exact) mass is 485 g/mol. The molecule has 2 fully saturated rings. The number of hydrogen-bond acceptors (Lipinski definition) is 6. The molecule has 2 heterocycles. The summed E-state index contributed by atoms with van der Waals surface area (Å²) < 4.78 is 21.9. The fraction of sp³-hybridized carbons (Fsp3) is 0.440. The Bertz CT molecular complexity index is 986. The predicted molar refractivity (Wildman–Crippen MR) is 133 cm³/mol. The Balaban J connectivity index is 1.29. The Morgan fingerprint density at radius 2 is 1.71 bits per heavy atom. The summed E-state index contributed by atoms with van der Waals surface area (Å²) in [6.45, 7) is 2.70. The number of nitrogens with one attached hydrogen (secondary N) is 1. The highest BCUT2D eigenvalue weighted by Gasteiger charge is 2.38. The number of methoxy groups -OCH3 is 3. The Morgan fingerprint density at radius 3 is 2.29 bits per heavy atom. The molecule has 34 heavy (non-hydrogen) atoms. The van der Waals surface area contributed by atoms with Gasteiger partial charge in [-0.2, -0.15) is 0 Å². The fourth-order valence-electron chi connectivity index (χ4n) is 4.53. The lowest BCUT2D eigenvalue weighted by molar-refractivity contribution is 0.120. The molecule has 182 valence electrons. The molecular weight excluding hydrogens is 454 g/mol. The largest absolute Gasteiger partial charge is 0.493 e. The highest BCUT2D eigenvalue weighted by Crippen LogP contribution is 2.38. The van der Waals surface area contributed by atoms with Crippen LogP contribution >= 0.6 is 12.2 Å². The van der Waals surface area contributed by atoms with Gasteiger partial charge in [-0.05, 0) is 48.3 Å². The van der Waals surface area contributed by atoms with E-state index in [2.05, 4.69) is 10.2 Å². The van der Waals surface area contributed by atoms with E-state index in [1.807, 2.05) is 47.4 Å². The van der Waals surface area contributed by atoms with Crippen molar-refractivity contribution >= 4 is 23.4 Å². The average molecular weight is 486 g/mol. The number of thiocarbonyl (C=S) groups is 1. The number of nitrogens with zero attached hydrogens (tertiary/aromatic N) is 2. The molecule has 4 rings (SSSR count). The molecule has 2 aliphatic rings. The number of cyclic esters (lactones) is 1. The fourth-order valence-corrected chi connectivity index (χ4v) is 4.78. The summed E-state index contributed by atoms with van der Waals surface area (Å²) in [5.74, 6) is 1.78. The maximum Gasteiger partial charge on any atom is 0.410 e. The van der Waals surface area contributed by atoms with E-state index in [-0.39, 0.29) is 18.2 Å². The van der Waals surface area contributed by atoms with Gasteiger partial charge in [0.15, 0.2) is 16.6 Å². The third-order valence-electron chi connectivity index (χ3n) is 6.37. The maximum atomic E-state index is 12.5. The van der Waals surface area contributed by atoms with Gasteiger partial charge in [0, 0.05) is 25.7 Å². The van der Waals surface area contributed by atoms with Gasteiger partial charge < -0.3 is 34.1 Å². The van der Waals surface area contributed by atoms with Crippen molar-refractivity contribution in [1.82, 2.24) is 15.1 Å². The normalized spacial score (nSPS) is 18.4. The summed E-state index contributed by atoms with van der Waals surface area (Å²) in [6.07, 6.45) is 1.27. The lowest BCUT2D eigenvalue weighted by Crippen LogP contribution is -2.49. The number of rotatable bonds is 7. The van der Waals surface area contributed by atoms with Crippen molar-refractivity contribution in [3.8, 4) is 17.2 Å². The molecule has 1 amide bonds. The van der Waals surface area contributed by atoms with E-state index in [1.54, 1.807) is 21.3 Å². The highest BCUT2D eigenvalue weighted by molar-refractivity contribution is 7.80. The molecule has 2 aromatic carbocycles. The first kappa shape index (κ1) is 23.9. The van der Waals surface area contributed by atoms with Crippen LogP contribution in [0.5, 0.6) is 17.2 Å². The molecule has 8 nitrogen and oxygen atoms in total. The van der Waals surface area contributed by atoms with Gasteiger partial charge in [-0.25, -0.2) is 4.79 Å². The molecule has 0 aromatic heterocycles. The summed E-state index contributed by atoms with van der Waals surface area (Å²) in [7, 11) is 4.78. The Kier molecular flexibility index (Phi) is 7.62. The van der Waals surface area contributed by atoms with E-state index in [4.69, 9.17) is 31.2 Å². The van der Waals surface area contributed by atoms with Crippen LogP contribution in [-0.2, 0) is 11.3 Å². The molecule has 0 spiro atoms. The summed E-state index contributed by atoms with van der Waals surface area (Å²) in [6, 6.07) is 13.9. The standard InChI is InChI=1S/C25H31N3O5S/c1-30-20-13-17(14-21(31-2)23(20)32-3)15-26-24(34)27-11-9-19(10-12-27)28-16-22(33-25(28)29)18-7-5-4-6-8-18/h4-8,13-14,19,22H,9-12,15-16H2,1-3H3,(H,26,34). The Morgan fingerprint density at radius 1 is 1.06 bits per heavy atom. The number of hydrogen-bond donors (Lipinski definition) is 1. The van der Waals surface area contributed by atoms with Gasteiger partial charge in [-0.1, -0.05) is 30.3 Å². The van der Waals surface area contributed by atoms with Crippen LogP contribution in [0.2, 0.25) is 0 Å². The Hall–Kier alpha value is -3.20. The second-order valence-electron chi connectivity index (χ2n) is 8.35. The minimum Gasteiger partial charge on any atom is -0.493 e. The zero-order chi connectivity index (χ0) is 24.1. The van der Waals surface area contributed by atoms with Crippen LogP contribution in [0.4, 0.5) is 4.79 Å². The number of ether oxygens (including phenoxy) is 4. The van der Waals surface area contributed by atoms with Gasteiger partial charge >= 0.3 is 6.09 Å². The van der Waals surface area contributed by atoms with Crippen molar-refractivity contribution < 1.29 is 23.7 Å². The van der Waals surface area contributed by atoms with Gasteiger partial charge in [0.2, 0.25) is 5.75 Å². The van der Waals surface area contributed by atoms with Crippen molar-refractivity contribution in [3.05, 3.63) is 53.6 Å². The zero-order valence-corrected chi connectivity index (χ0v) is 20.6. The lowest BCUT2D eigenvalue weighted by Gasteiger charge is -2.37. The quantitative estimate of drug-likeness (QED) is 0.595. The average Bonchev–Trinajstić information content (AvgIpc) is 3.28. The van der Waals surface area contributed by atoms with E-state index in [0.29, 0.717) is 35.5 Å². The van der Waals surface area contributed by atoms with Crippen molar-refractivity contribution in [2.24, 2.45) is 0 Å². The lowest BCUT2D eigenvalue weighted by atomic mass is 10.0. The highest BCUT2D eigenvalue weighted by atomic mass is 32.1. The molecule has 2 aromatic rings. The van der Waals surface area contributed by atoms with Crippen LogP contribution in [0.15, 0.2) is 42.5 Å². The third-order valence-corrected chi connectivity index (χ3v) is 6.77. The predicted octanol–water partition coefficient (Wildman–Crippen LogP) is 3.74. The number of carbonyl (C=O) groups excluding carboxylic acids is 1. The summed E-state index contributed by atoms with van der Waals surface area (Å²) in [5, 5.41) is 4.02. The Labute approximate surface area is 205 Å². The molecule has 9 heteroatoms. The molecule has 0 saturated carbocycles. The van der Waals surface area contributed by atoms with Gasteiger partial charge in [0.05, 0.1) is 27.9 Å². The number of carbonyl (C=O) groups is 1. The second kappa shape index (κ2) is 10.8. The summed E-state index contributed by atoms with van der Waals surface area (Å²) in [5.41, 5.74) is 2.01. The van der Waals surface area contributed by atoms with E-state index in [9.17, 15) is 4.79 Å². The minimum atomic E-state index is -0.226. The van der Waals surface area contributed by atoms with Crippen LogP contribution in [0.25, 0.3) is 0 Å². The summed E-state index contributed by atoms with van der Waals surface area (Å²) >= 11 is 5.65. The van der Waals surface area contributed by atoms with Crippen LogP contribution in [0.1, 0.15) is 30.1 Å². The number of benzene rings is 2. The topological polar surface area (TPSA) is 72.5 Å². The first-order chi connectivity index (χ1) is 16.5. The van der Waals surface area contributed by atoms with Crippen molar-refractivity contribution in [1.29, 1.82) is 0 Å². The second-order valence-corrected chi connectivity index (χ2v) is 8.73. The number of piperidine rings is 1. The van der Waals surface area contributed by atoms with Crippen LogP contribution in [-0.4, -0.2) is 68.0 Å². The first-order valence-electron chi connectivity index (χ1n) is 11.4. The molecule has 1 atom stereocenters. The molecule has 0 radical (unpaired) electrons. The minimum absolute atomic E-state index is 0.162. The van der Waals surface area contributed by atoms with Crippen molar-refractivity contribution in [2.75, 3.05) is 41.0 Å². The van der Waals surface area contributed by atoms with E-state index in [0.717, 1.165) is 37.1 Å².